The Bertz CT molecular complexity index is 221. The van der Waals surface area contributed by atoms with Crippen molar-refractivity contribution >= 4 is 5.96 Å². The third-order valence-corrected chi connectivity index (χ3v) is 3.07. The first-order valence-electron chi connectivity index (χ1n) is 6.88. The fourth-order valence-corrected chi connectivity index (χ4v) is 1.49. The van der Waals surface area contributed by atoms with Crippen molar-refractivity contribution in [3.05, 3.63) is 0 Å². The molecule has 0 rings (SSSR count). The van der Waals surface area contributed by atoms with Crippen LogP contribution in [0.1, 0.15) is 27.2 Å². The number of nitrogens with zero attached hydrogens (tertiary/aromatic N) is 2. The van der Waals surface area contributed by atoms with Gasteiger partial charge in [0, 0.05) is 39.3 Å². The average Bonchev–Trinajstić information content (AvgIpc) is 2.40. The summed E-state index contributed by atoms with van der Waals surface area (Å²) in [6.07, 6.45) is 1.18. The summed E-state index contributed by atoms with van der Waals surface area (Å²) in [4.78, 5) is 6.52. The van der Waals surface area contributed by atoms with Gasteiger partial charge in [0.05, 0.1) is 6.61 Å². The van der Waals surface area contributed by atoms with Crippen molar-refractivity contribution in [2.75, 3.05) is 46.9 Å². The van der Waals surface area contributed by atoms with E-state index in [0.717, 1.165) is 32.2 Å². The van der Waals surface area contributed by atoms with E-state index in [2.05, 4.69) is 41.4 Å². The standard InChI is InChI=1S/C13H30N4O/c1-6-12(3)17(5)10-8-15-13(14-4)16-9-11-18-7-2/h12H,6-11H2,1-5H3,(H2,14,15,16). The Kier molecular flexibility index (Phi) is 10.8. The van der Waals surface area contributed by atoms with Crippen LogP contribution < -0.4 is 10.6 Å². The predicted molar refractivity (Wildman–Crippen MR) is 78.2 cm³/mol. The molecule has 0 aliphatic heterocycles. The van der Waals surface area contributed by atoms with E-state index in [9.17, 15) is 0 Å². The van der Waals surface area contributed by atoms with E-state index in [1.165, 1.54) is 6.42 Å². The van der Waals surface area contributed by atoms with Crippen molar-refractivity contribution in [2.24, 2.45) is 4.99 Å². The predicted octanol–water partition coefficient (Wildman–Crippen LogP) is 0.918. The Morgan fingerprint density at radius 1 is 1.28 bits per heavy atom. The van der Waals surface area contributed by atoms with Gasteiger partial charge in [-0.15, -0.1) is 0 Å². The minimum absolute atomic E-state index is 0.625. The highest BCUT2D eigenvalue weighted by Crippen LogP contribution is 1.97. The van der Waals surface area contributed by atoms with Crippen molar-refractivity contribution in [1.82, 2.24) is 15.5 Å². The van der Waals surface area contributed by atoms with Gasteiger partial charge in [0.1, 0.15) is 0 Å². The SMILES string of the molecule is CCOCCNC(=NC)NCCN(C)C(C)CC. The van der Waals surface area contributed by atoms with Gasteiger partial charge in [0.25, 0.3) is 0 Å². The van der Waals surface area contributed by atoms with Crippen molar-refractivity contribution in [3.63, 3.8) is 0 Å². The summed E-state index contributed by atoms with van der Waals surface area (Å²) in [6, 6.07) is 0.625. The van der Waals surface area contributed by atoms with E-state index in [1.807, 2.05) is 6.92 Å². The van der Waals surface area contributed by atoms with Crippen LogP contribution in [-0.2, 0) is 4.74 Å². The lowest BCUT2D eigenvalue weighted by molar-refractivity contribution is 0.152. The van der Waals surface area contributed by atoms with E-state index < -0.39 is 0 Å². The van der Waals surface area contributed by atoms with Gasteiger partial charge in [0.2, 0.25) is 0 Å². The maximum Gasteiger partial charge on any atom is 0.191 e. The molecule has 0 fully saturated rings. The van der Waals surface area contributed by atoms with Gasteiger partial charge < -0.3 is 20.3 Å². The first kappa shape index (κ1) is 17.2. The van der Waals surface area contributed by atoms with Crippen molar-refractivity contribution in [2.45, 2.75) is 33.2 Å². The molecule has 2 N–H and O–H groups in total. The van der Waals surface area contributed by atoms with Crippen LogP contribution in [0.5, 0.6) is 0 Å². The number of rotatable bonds is 9. The Labute approximate surface area is 112 Å². The maximum atomic E-state index is 5.26. The zero-order valence-electron chi connectivity index (χ0n) is 12.6. The number of ether oxygens (including phenoxy) is 1. The summed E-state index contributed by atoms with van der Waals surface area (Å²) in [5, 5.41) is 6.51. The third kappa shape index (κ3) is 8.31. The number of hydrogen-bond acceptors (Lipinski definition) is 3. The molecule has 0 amide bonds. The molecule has 0 aliphatic rings. The normalized spacial score (nSPS) is 13.8. The Balaban J connectivity index is 3.68. The highest BCUT2D eigenvalue weighted by molar-refractivity contribution is 5.79. The Hall–Kier alpha value is -0.810. The molecule has 0 saturated heterocycles. The number of aliphatic imine (C=N–C) groups is 1. The number of hydrogen-bond donors (Lipinski definition) is 2. The van der Waals surface area contributed by atoms with Crippen LogP contribution in [-0.4, -0.2) is 63.8 Å². The minimum atomic E-state index is 0.625. The molecule has 5 heteroatoms. The molecule has 0 aliphatic carbocycles. The monoisotopic (exact) mass is 258 g/mol. The number of likely N-dealkylation sites (N-methyl/N-ethyl adjacent to an activating group) is 1. The molecule has 0 spiro atoms. The second-order valence-corrected chi connectivity index (χ2v) is 4.36. The zero-order chi connectivity index (χ0) is 13.8. The second kappa shape index (κ2) is 11.3. The first-order chi connectivity index (χ1) is 8.65. The minimum Gasteiger partial charge on any atom is -0.380 e. The smallest absolute Gasteiger partial charge is 0.191 e. The van der Waals surface area contributed by atoms with Crippen LogP contribution in [0.2, 0.25) is 0 Å². The molecule has 0 aromatic carbocycles. The molecule has 5 nitrogen and oxygen atoms in total. The molecule has 0 heterocycles. The Morgan fingerprint density at radius 3 is 2.50 bits per heavy atom. The van der Waals surface area contributed by atoms with Gasteiger partial charge >= 0.3 is 0 Å². The summed E-state index contributed by atoms with van der Waals surface area (Å²) in [7, 11) is 3.94. The fourth-order valence-electron chi connectivity index (χ4n) is 1.49. The van der Waals surface area contributed by atoms with Crippen LogP contribution >= 0.6 is 0 Å². The van der Waals surface area contributed by atoms with E-state index in [-0.39, 0.29) is 0 Å². The van der Waals surface area contributed by atoms with Crippen LogP contribution in [0, 0.1) is 0 Å². The summed E-state index contributed by atoms with van der Waals surface area (Å²) in [5.41, 5.74) is 0. The van der Waals surface area contributed by atoms with E-state index in [1.54, 1.807) is 7.05 Å². The topological polar surface area (TPSA) is 48.9 Å². The Morgan fingerprint density at radius 2 is 1.94 bits per heavy atom. The van der Waals surface area contributed by atoms with Gasteiger partial charge in [-0.25, -0.2) is 0 Å². The molecule has 108 valence electrons. The molecule has 0 aromatic rings. The largest absolute Gasteiger partial charge is 0.380 e. The molecule has 0 saturated carbocycles. The van der Waals surface area contributed by atoms with Crippen LogP contribution in [0.4, 0.5) is 0 Å². The molecule has 0 radical (unpaired) electrons. The lowest BCUT2D eigenvalue weighted by Gasteiger charge is -2.23. The molecular formula is C13H30N4O. The third-order valence-electron chi connectivity index (χ3n) is 3.07. The number of guanidine groups is 1. The summed E-state index contributed by atoms with van der Waals surface area (Å²) < 4.78 is 5.26. The molecule has 0 bridgehead atoms. The van der Waals surface area contributed by atoms with Crippen LogP contribution in [0.15, 0.2) is 4.99 Å². The van der Waals surface area contributed by atoms with Gasteiger partial charge in [0.15, 0.2) is 5.96 Å². The lowest BCUT2D eigenvalue weighted by atomic mass is 10.2. The summed E-state index contributed by atoms with van der Waals surface area (Å²) in [6.45, 7) is 10.6. The zero-order valence-corrected chi connectivity index (χ0v) is 12.6. The lowest BCUT2D eigenvalue weighted by Crippen LogP contribution is -2.43. The van der Waals surface area contributed by atoms with E-state index in [0.29, 0.717) is 12.6 Å². The highest BCUT2D eigenvalue weighted by atomic mass is 16.5. The van der Waals surface area contributed by atoms with Crippen molar-refractivity contribution in [1.29, 1.82) is 0 Å². The highest BCUT2D eigenvalue weighted by Gasteiger charge is 2.05. The fraction of sp³-hybridized carbons (Fsp3) is 0.923. The second-order valence-electron chi connectivity index (χ2n) is 4.36. The molecule has 1 atom stereocenters. The average molecular weight is 258 g/mol. The maximum absolute atomic E-state index is 5.26. The van der Waals surface area contributed by atoms with Crippen molar-refractivity contribution in [3.8, 4) is 0 Å². The van der Waals surface area contributed by atoms with Gasteiger partial charge in [-0.05, 0) is 27.3 Å². The van der Waals surface area contributed by atoms with E-state index in [4.69, 9.17) is 4.74 Å². The first-order valence-corrected chi connectivity index (χ1v) is 6.88. The molecular weight excluding hydrogens is 228 g/mol. The molecule has 1 unspecified atom stereocenters. The summed E-state index contributed by atoms with van der Waals surface area (Å²) in [5.74, 6) is 0.840. The van der Waals surface area contributed by atoms with Gasteiger partial charge in [-0.1, -0.05) is 6.92 Å². The van der Waals surface area contributed by atoms with Gasteiger partial charge in [-0.2, -0.15) is 0 Å². The summed E-state index contributed by atoms with van der Waals surface area (Å²) >= 11 is 0. The number of nitrogens with one attached hydrogen (secondary N) is 2. The molecule has 18 heavy (non-hydrogen) atoms. The van der Waals surface area contributed by atoms with E-state index >= 15 is 0 Å². The quantitative estimate of drug-likeness (QED) is 0.367. The van der Waals surface area contributed by atoms with Crippen LogP contribution in [0.3, 0.4) is 0 Å². The van der Waals surface area contributed by atoms with Crippen molar-refractivity contribution < 1.29 is 4.74 Å². The molecule has 0 aromatic heterocycles. The van der Waals surface area contributed by atoms with Crippen LogP contribution in [0.25, 0.3) is 0 Å². The van der Waals surface area contributed by atoms with Gasteiger partial charge in [-0.3, -0.25) is 4.99 Å².